The Balaban J connectivity index is 1.28. The summed E-state index contributed by atoms with van der Waals surface area (Å²) in [6.45, 7) is 1.23. The third-order valence-electron chi connectivity index (χ3n) is 7.20. The van der Waals surface area contributed by atoms with Crippen LogP contribution in [0.1, 0.15) is 24.0 Å². The Morgan fingerprint density at radius 1 is 1.17 bits per heavy atom. The minimum absolute atomic E-state index is 0.120. The number of fused-ring (bicyclic) bond motifs is 1. The fourth-order valence-corrected chi connectivity index (χ4v) is 5.27. The molecular weight excluding hydrogens is 460 g/mol. The quantitative estimate of drug-likeness (QED) is 0.446. The molecule has 0 spiro atoms. The summed E-state index contributed by atoms with van der Waals surface area (Å²) >= 11 is 0. The normalized spacial score (nSPS) is 23.8. The van der Waals surface area contributed by atoms with E-state index in [1.165, 1.54) is 0 Å². The van der Waals surface area contributed by atoms with Crippen molar-refractivity contribution in [2.75, 3.05) is 20.2 Å². The summed E-state index contributed by atoms with van der Waals surface area (Å²) < 4.78 is 6.95. The molecule has 0 saturated carbocycles. The first-order chi connectivity index (χ1) is 17.4. The van der Waals surface area contributed by atoms with Crippen molar-refractivity contribution in [1.29, 1.82) is 0 Å². The standard InChI is InChI=1S/C26H32N6O4/c1-31-23-8-5-17(10-21(23)29-30-31)13-28-25(34)24-11-18(9-16-3-6-20(36-2)7-4-16)15-32(24)26(35)22-12-19(33)14-27-22/h3-8,10,18-19,22,24,27,33H,9,11-15H2,1-2H3,(H,28,34)/t18-,19+,22-,24+/m1/s1. The molecule has 2 amide bonds. The van der Waals surface area contributed by atoms with E-state index in [0.29, 0.717) is 32.5 Å². The molecule has 1 aromatic heterocycles. The number of aromatic nitrogens is 3. The number of hydrogen-bond acceptors (Lipinski definition) is 7. The number of aliphatic hydroxyl groups is 1. The summed E-state index contributed by atoms with van der Waals surface area (Å²) in [6, 6.07) is 12.7. The van der Waals surface area contributed by atoms with Gasteiger partial charge in [-0.15, -0.1) is 5.10 Å². The maximum absolute atomic E-state index is 13.4. The molecule has 3 N–H and O–H groups in total. The number of aliphatic hydroxyl groups excluding tert-OH is 1. The highest BCUT2D eigenvalue weighted by Gasteiger charge is 2.42. The monoisotopic (exact) mass is 492 g/mol. The number of likely N-dealkylation sites (tertiary alicyclic amines) is 1. The number of carbonyl (C=O) groups is 2. The van der Waals surface area contributed by atoms with Crippen molar-refractivity contribution in [2.24, 2.45) is 13.0 Å². The molecule has 2 aromatic carbocycles. The number of aryl methyl sites for hydroxylation is 1. The average Bonchev–Trinajstić information content (AvgIpc) is 3.61. The SMILES string of the molecule is COc1ccc(C[C@@H]2C[C@@H](C(=O)NCc3ccc4c(c3)nnn4C)N(C(=O)[C@H]3C[C@H](O)CN3)C2)cc1. The lowest BCUT2D eigenvalue weighted by Crippen LogP contribution is -2.51. The van der Waals surface area contributed by atoms with E-state index in [1.807, 2.05) is 49.5 Å². The Hall–Kier alpha value is -3.50. The van der Waals surface area contributed by atoms with Crippen molar-refractivity contribution in [3.05, 3.63) is 53.6 Å². The van der Waals surface area contributed by atoms with Gasteiger partial charge < -0.3 is 25.4 Å². The number of amides is 2. The predicted molar refractivity (Wildman–Crippen MR) is 133 cm³/mol. The van der Waals surface area contributed by atoms with Crippen molar-refractivity contribution in [1.82, 2.24) is 30.5 Å². The van der Waals surface area contributed by atoms with E-state index >= 15 is 0 Å². The van der Waals surface area contributed by atoms with Gasteiger partial charge in [0.1, 0.15) is 17.3 Å². The Bertz CT molecular complexity index is 1240. The van der Waals surface area contributed by atoms with Crippen molar-refractivity contribution in [3.63, 3.8) is 0 Å². The number of benzene rings is 2. The lowest BCUT2D eigenvalue weighted by Gasteiger charge is -2.26. The van der Waals surface area contributed by atoms with E-state index in [4.69, 9.17) is 4.74 Å². The van der Waals surface area contributed by atoms with E-state index in [-0.39, 0.29) is 17.7 Å². The summed E-state index contributed by atoms with van der Waals surface area (Å²) in [6.07, 6.45) is 1.18. The Labute approximate surface area is 209 Å². The topological polar surface area (TPSA) is 122 Å². The zero-order valence-electron chi connectivity index (χ0n) is 20.6. The van der Waals surface area contributed by atoms with Gasteiger partial charge in [-0.05, 0) is 60.6 Å². The highest BCUT2D eigenvalue weighted by molar-refractivity contribution is 5.90. The minimum atomic E-state index is -0.555. The van der Waals surface area contributed by atoms with Gasteiger partial charge in [0.2, 0.25) is 11.8 Å². The van der Waals surface area contributed by atoms with Gasteiger partial charge in [-0.1, -0.05) is 23.4 Å². The minimum Gasteiger partial charge on any atom is -0.497 e. The van der Waals surface area contributed by atoms with Gasteiger partial charge in [-0.3, -0.25) is 9.59 Å². The van der Waals surface area contributed by atoms with Gasteiger partial charge in [0.25, 0.3) is 0 Å². The smallest absolute Gasteiger partial charge is 0.243 e. The van der Waals surface area contributed by atoms with Gasteiger partial charge in [-0.2, -0.15) is 0 Å². The van der Waals surface area contributed by atoms with E-state index in [0.717, 1.165) is 34.3 Å². The Kier molecular flexibility index (Phi) is 6.88. The fraction of sp³-hybridized carbons (Fsp3) is 0.462. The molecule has 190 valence electrons. The molecule has 4 atom stereocenters. The van der Waals surface area contributed by atoms with Gasteiger partial charge in [0.15, 0.2) is 0 Å². The molecule has 2 aliphatic heterocycles. The van der Waals surface area contributed by atoms with E-state index < -0.39 is 18.2 Å². The van der Waals surface area contributed by atoms with E-state index in [2.05, 4.69) is 20.9 Å². The van der Waals surface area contributed by atoms with Gasteiger partial charge >= 0.3 is 0 Å². The number of carbonyl (C=O) groups excluding carboxylic acids is 2. The van der Waals surface area contributed by atoms with Crippen LogP contribution < -0.4 is 15.4 Å². The first kappa shape index (κ1) is 24.2. The largest absolute Gasteiger partial charge is 0.497 e. The molecule has 10 heteroatoms. The van der Waals surface area contributed by atoms with Crippen LogP contribution in [0.15, 0.2) is 42.5 Å². The molecule has 36 heavy (non-hydrogen) atoms. The molecule has 10 nitrogen and oxygen atoms in total. The fourth-order valence-electron chi connectivity index (χ4n) is 5.27. The molecule has 0 unspecified atom stereocenters. The van der Waals surface area contributed by atoms with Crippen LogP contribution in [0.2, 0.25) is 0 Å². The molecule has 2 fully saturated rings. The Morgan fingerprint density at radius 3 is 2.67 bits per heavy atom. The van der Waals surface area contributed by atoms with Gasteiger partial charge in [0.05, 0.1) is 24.8 Å². The average molecular weight is 493 g/mol. The maximum Gasteiger partial charge on any atom is 0.243 e. The molecule has 0 bridgehead atoms. The van der Waals surface area contributed by atoms with Crippen LogP contribution in [0.3, 0.4) is 0 Å². The number of β-amino-alcohol motifs (C(OH)–C–C–N with tert-alkyl or cyclic N) is 1. The lowest BCUT2D eigenvalue weighted by atomic mass is 9.96. The summed E-state index contributed by atoms with van der Waals surface area (Å²) in [5, 5.41) is 24.2. The van der Waals surface area contributed by atoms with Crippen LogP contribution in [-0.2, 0) is 29.6 Å². The highest BCUT2D eigenvalue weighted by Crippen LogP contribution is 2.29. The van der Waals surface area contributed by atoms with Crippen molar-refractivity contribution >= 4 is 22.8 Å². The van der Waals surface area contributed by atoms with Crippen molar-refractivity contribution < 1.29 is 19.4 Å². The first-order valence-corrected chi connectivity index (χ1v) is 12.3. The zero-order valence-corrected chi connectivity index (χ0v) is 20.6. The number of hydrogen-bond donors (Lipinski definition) is 3. The van der Waals surface area contributed by atoms with E-state index in [1.54, 1.807) is 16.7 Å². The molecule has 2 saturated heterocycles. The number of methoxy groups -OCH3 is 1. The summed E-state index contributed by atoms with van der Waals surface area (Å²) in [7, 11) is 3.47. The second kappa shape index (κ2) is 10.2. The first-order valence-electron chi connectivity index (χ1n) is 12.3. The van der Waals surface area contributed by atoms with Crippen LogP contribution in [0, 0.1) is 5.92 Å². The second-order valence-corrected chi connectivity index (χ2v) is 9.76. The third kappa shape index (κ3) is 5.05. The van der Waals surface area contributed by atoms with Crippen LogP contribution in [0.5, 0.6) is 5.75 Å². The van der Waals surface area contributed by atoms with Crippen molar-refractivity contribution in [2.45, 2.75) is 44.0 Å². The van der Waals surface area contributed by atoms with Crippen LogP contribution in [-0.4, -0.2) is 75.2 Å². The molecule has 3 heterocycles. The van der Waals surface area contributed by atoms with E-state index in [9.17, 15) is 14.7 Å². The summed E-state index contributed by atoms with van der Waals surface area (Å²) in [5.74, 6) is 0.661. The maximum atomic E-state index is 13.4. The second-order valence-electron chi connectivity index (χ2n) is 9.76. The molecule has 0 radical (unpaired) electrons. The zero-order chi connectivity index (χ0) is 25.2. The van der Waals surface area contributed by atoms with Gasteiger partial charge in [-0.25, -0.2) is 4.68 Å². The summed E-state index contributed by atoms with van der Waals surface area (Å²) in [4.78, 5) is 28.4. The molecule has 2 aliphatic rings. The number of rotatable bonds is 7. The lowest BCUT2D eigenvalue weighted by molar-refractivity contribution is -0.140. The number of nitrogens with one attached hydrogen (secondary N) is 2. The Morgan fingerprint density at radius 2 is 1.94 bits per heavy atom. The van der Waals surface area contributed by atoms with Crippen LogP contribution in [0.25, 0.3) is 11.0 Å². The summed E-state index contributed by atoms with van der Waals surface area (Å²) in [5.41, 5.74) is 3.75. The third-order valence-corrected chi connectivity index (χ3v) is 7.20. The van der Waals surface area contributed by atoms with Crippen LogP contribution >= 0.6 is 0 Å². The molecule has 5 rings (SSSR count). The number of ether oxygens (including phenoxy) is 1. The number of nitrogens with zero attached hydrogens (tertiary/aromatic N) is 4. The van der Waals surface area contributed by atoms with Crippen molar-refractivity contribution in [3.8, 4) is 5.75 Å². The van der Waals surface area contributed by atoms with Crippen LogP contribution in [0.4, 0.5) is 0 Å². The molecule has 3 aromatic rings. The molecule has 0 aliphatic carbocycles. The predicted octanol–water partition coefficient (Wildman–Crippen LogP) is 0.776. The van der Waals surface area contributed by atoms with Gasteiger partial charge in [0, 0.05) is 26.7 Å². The molecular formula is C26H32N6O4. The highest BCUT2D eigenvalue weighted by atomic mass is 16.5.